The summed E-state index contributed by atoms with van der Waals surface area (Å²) in [7, 11) is 0. The highest BCUT2D eigenvalue weighted by Crippen LogP contribution is 2.30. The fraction of sp³-hybridized carbons (Fsp3) is 0.200. The number of nitrogens with one attached hydrogen (secondary N) is 2. The van der Waals surface area contributed by atoms with Gasteiger partial charge >= 0.3 is 0 Å². The van der Waals surface area contributed by atoms with Gasteiger partial charge in [0.25, 0.3) is 11.8 Å². The second-order valence-corrected chi connectivity index (χ2v) is 9.03. The minimum absolute atomic E-state index is 0.211. The molecule has 0 aliphatic carbocycles. The van der Waals surface area contributed by atoms with Crippen LogP contribution in [0.25, 0.3) is 10.8 Å². The Labute approximate surface area is 194 Å². The van der Waals surface area contributed by atoms with Crippen LogP contribution < -0.4 is 10.6 Å². The first kappa shape index (κ1) is 21.2. The van der Waals surface area contributed by atoms with Gasteiger partial charge in [0.2, 0.25) is 11.8 Å². The fourth-order valence-corrected chi connectivity index (χ4v) is 4.80. The van der Waals surface area contributed by atoms with Crippen LogP contribution >= 0.6 is 11.8 Å². The third-order valence-electron chi connectivity index (χ3n) is 6.09. The van der Waals surface area contributed by atoms with Crippen molar-refractivity contribution in [1.82, 2.24) is 10.2 Å². The third-order valence-corrected chi connectivity index (χ3v) is 6.82. The summed E-state index contributed by atoms with van der Waals surface area (Å²) in [5, 5.41) is 7.26. The number of hydrogen-bond donors (Lipinski definition) is 2. The van der Waals surface area contributed by atoms with E-state index in [0.29, 0.717) is 23.2 Å². The van der Waals surface area contributed by atoms with Crippen molar-refractivity contribution in [1.29, 1.82) is 0 Å². The van der Waals surface area contributed by atoms with Crippen LogP contribution in [0, 0.1) is 0 Å². The van der Waals surface area contributed by atoms with Crippen LogP contribution in [0.3, 0.4) is 0 Å². The summed E-state index contributed by atoms with van der Waals surface area (Å²) in [4.78, 5) is 52.0. The summed E-state index contributed by atoms with van der Waals surface area (Å²) in [6.45, 7) is 0.262. The summed E-state index contributed by atoms with van der Waals surface area (Å²) in [5.74, 6) is -1.24. The zero-order valence-corrected chi connectivity index (χ0v) is 18.7. The van der Waals surface area contributed by atoms with Crippen LogP contribution in [0.1, 0.15) is 39.1 Å². The van der Waals surface area contributed by atoms with E-state index in [4.69, 9.17) is 0 Å². The minimum Gasteiger partial charge on any atom is -0.322 e. The van der Waals surface area contributed by atoms with E-state index in [-0.39, 0.29) is 30.7 Å². The maximum atomic E-state index is 12.9. The molecule has 2 N–H and O–H groups in total. The second kappa shape index (κ2) is 8.37. The molecule has 1 saturated heterocycles. The zero-order valence-electron chi connectivity index (χ0n) is 17.9. The molecule has 2 aliphatic heterocycles. The number of thioether (sulfide) groups is 1. The fourth-order valence-electron chi connectivity index (χ4n) is 4.35. The van der Waals surface area contributed by atoms with Gasteiger partial charge in [-0.3, -0.25) is 24.5 Å². The van der Waals surface area contributed by atoms with Crippen molar-refractivity contribution in [3.63, 3.8) is 0 Å². The van der Waals surface area contributed by atoms with Gasteiger partial charge < -0.3 is 10.2 Å². The summed E-state index contributed by atoms with van der Waals surface area (Å²) >= 11 is 1.67. The average molecular weight is 460 g/mol. The highest BCUT2D eigenvalue weighted by atomic mass is 32.2. The number of fused-ring (bicyclic) bond motifs is 2. The summed E-state index contributed by atoms with van der Waals surface area (Å²) < 4.78 is 0. The van der Waals surface area contributed by atoms with Gasteiger partial charge in [0.05, 0.1) is 0 Å². The van der Waals surface area contributed by atoms with E-state index in [2.05, 4.69) is 16.7 Å². The highest BCUT2D eigenvalue weighted by molar-refractivity contribution is 7.98. The molecular weight excluding hydrogens is 438 g/mol. The van der Waals surface area contributed by atoms with Gasteiger partial charge in [0, 0.05) is 34.7 Å². The number of hydrogen-bond acceptors (Lipinski definition) is 5. The Morgan fingerprint density at radius 3 is 2.61 bits per heavy atom. The molecule has 0 saturated carbocycles. The summed E-state index contributed by atoms with van der Waals surface area (Å²) in [6.07, 6.45) is 2.55. The first-order valence-corrected chi connectivity index (χ1v) is 11.8. The summed E-state index contributed by atoms with van der Waals surface area (Å²) in [5.41, 5.74) is 2.37. The molecule has 1 unspecified atom stereocenters. The van der Waals surface area contributed by atoms with Crippen LogP contribution in [0.2, 0.25) is 0 Å². The van der Waals surface area contributed by atoms with Crippen molar-refractivity contribution < 1.29 is 19.2 Å². The van der Waals surface area contributed by atoms with E-state index in [9.17, 15) is 19.2 Å². The van der Waals surface area contributed by atoms with E-state index in [0.717, 1.165) is 16.3 Å². The monoisotopic (exact) mass is 459 g/mol. The molecule has 0 spiro atoms. The van der Waals surface area contributed by atoms with Crippen LogP contribution in [-0.4, -0.2) is 40.8 Å². The molecule has 2 aliphatic rings. The number of piperidine rings is 1. The molecule has 4 amide bonds. The van der Waals surface area contributed by atoms with Gasteiger partial charge in [-0.15, -0.1) is 11.8 Å². The molecule has 5 rings (SSSR count). The number of rotatable bonds is 4. The second-order valence-electron chi connectivity index (χ2n) is 8.15. The Hall–Kier alpha value is -3.65. The number of imide groups is 1. The third kappa shape index (κ3) is 3.98. The standard InChI is InChI=1S/C25H21N3O4S/c1-33-19-6-4-14-10-16(3-2-15(14)12-19)23(30)26-18-5-7-20-17(11-18)13-28(25(20)32)21-8-9-22(29)27-24(21)31/h2-7,10-12,21H,8-9,13H2,1H3,(H,26,30)(H,27,29,31). The van der Waals surface area contributed by atoms with Crippen LogP contribution in [-0.2, 0) is 16.1 Å². The minimum atomic E-state index is -0.662. The molecule has 0 radical (unpaired) electrons. The Bertz CT molecular complexity index is 1340. The molecule has 3 aromatic rings. The average Bonchev–Trinajstić information content (AvgIpc) is 3.13. The van der Waals surface area contributed by atoms with Crippen molar-refractivity contribution in [2.24, 2.45) is 0 Å². The normalized spacial score (nSPS) is 17.8. The lowest BCUT2D eigenvalue weighted by atomic mass is 10.0. The van der Waals surface area contributed by atoms with Crippen molar-refractivity contribution in [2.45, 2.75) is 30.3 Å². The maximum absolute atomic E-state index is 12.9. The molecule has 33 heavy (non-hydrogen) atoms. The predicted molar refractivity (Wildman–Crippen MR) is 126 cm³/mol. The first-order valence-electron chi connectivity index (χ1n) is 10.6. The Morgan fingerprint density at radius 2 is 1.82 bits per heavy atom. The quantitative estimate of drug-likeness (QED) is 0.459. The van der Waals surface area contributed by atoms with Crippen LogP contribution in [0.15, 0.2) is 59.5 Å². The SMILES string of the molecule is CSc1ccc2cc(C(=O)Nc3ccc4c(c3)CN(C3CCC(=O)NC3=O)C4=O)ccc2c1. The Kier molecular flexibility index (Phi) is 5.38. The predicted octanol–water partition coefficient (Wildman–Crippen LogP) is 3.58. The molecule has 3 aromatic carbocycles. The van der Waals surface area contributed by atoms with E-state index >= 15 is 0 Å². The number of benzene rings is 3. The number of carbonyl (C=O) groups excluding carboxylic acids is 4. The molecule has 166 valence electrons. The highest BCUT2D eigenvalue weighted by Gasteiger charge is 2.39. The number of nitrogens with zero attached hydrogens (tertiary/aromatic N) is 1. The van der Waals surface area contributed by atoms with Gasteiger partial charge in [0.15, 0.2) is 0 Å². The van der Waals surface area contributed by atoms with Crippen molar-refractivity contribution in [3.8, 4) is 0 Å². The number of carbonyl (C=O) groups is 4. The lowest BCUT2D eigenvalue weighted by Gasteiger charge is -2.29. The van der Waals surface area contributed by atoms with E-state index in [1.54, 1.807) is 36.0 Å². The van der Waals surface area contributed by atoms with Crippen molar-refractivity contribution in [2.75, 3.05) is 11.6 Å². The largest absolute Gasteiger partial charge is 0.322 e. The van der Waals surface area contributed by atoms with Crippen LogP contribution in [0.5, 0.6) is 0 Å². The van der Waals surface area contributed by atoms with Gasteiger partial charge in [0.1, 0.15) is 6.04 Å². The van der Waals surface area contributed by atoms with Crippen molar-refractivity contribution >= 4 is 51.9 Å². The van der Waals surface area contributed by atoms with Crippen molar-refractivity contribution in [3.05, 3.63) is 71.3 Å². The molecule has 2 heterocycles. The van der Waals surface area contributed by atoms with Gasteiger partial charge in [-0.25, -0.2) is 0 Å². The topological polar surface area (TPSA) is 95.6 Å². The molecule has 7 nitrogen and oxygen atoms in total. The molecule has 0 bridgehead atoms. The zero-order chi connectivity index (χ0) is 23.1. The van der Waals surface area contributed by atoms with Crippen LogP contribution in [0.4, 0.5) is 5.69 Å². The first-order chi connectivity index (χ1) is 15.9. The molecule has 1 fully saturated rings. The summed E-state index contributed by atoms with van der Waals surface area (Å²) in [6, 6.07) is 16.2. The number of anilines is 1. The molecular formula is C25H21N3O4S. The van der Waals surface area contributed by atoms with E-state index in [1.165, 1.54) is 9.80 Å². The van der Waals surface area contributed by atoms with Gasteiger partial charge in [-0.2, -0.15) is 0 Å². The lowest BCUT2D eigenvalue weighted by Crippen LogP contribution is -2.52. The molecule has 0 aromatic heterocycles. The van der Waals surface area contributed by atoms with Gasteiger partial charge in [-0.1, -0.05) is 12.1 Å². The Morgan fingerprint density at radius 1 is 1.03 bits per heavy atom. The van der Waals surface area contributed by atoms with E-state index in [1.807, 2.05) is 30.5 Å². The lowest BCUT2D eigenvalue weighted by molar-refractivity contribution is -0.136. The molecule has 1 atom stereocenters. The Balaban J connectivity index is 1.33. The molecule has 8 heteroatoms. The number of amides is 4. The van der Waals surface area contributed by atoms with E-state index < -0.39 is 11.9 Å². The van der Waals surface area contributed by atoms with Gasteiger partial charge in [-0.05, 0) is 71.5 Å². The smallest absolute Gasteiger partial charge is 0.255 e. The maximum Gasteiger partial charge on any atom is 0.255 e.